The van der Waals surface area contributed by atoms with Crippen molar-refractivity contribution in [3.05, 3.63) is 102 Å². The highest BCUT2D eigenvalue weighted by Gasteiger charge is 2.41. The first-order valence-electron chi connectivity index (χ1n) is 14.2. The van der Waals surface area contributed by atoms with Gasteiger partial charge in [-0.05, 0) is 60.6 Å². The van der Waals surface area contributed by atoms with Crippen LogP contribution in [0.5, 0.6) is 11.5 Å². The van der Waals surface area contributed by atoms with Crippen LogP contribution in [-0.4, -0.2) is 32.6 Å². The Morgan fingerprint density at radius 1 is 0.930 bits per heavy atom. The average Bonchev–Trinajstić information content (AvgIpc) is 3.01. The van der Waals surface area contributed by atoms with Crippen LogP contribution in [0.15, 0.2) is 84.9 Å². The lowest BCUT2D eigenvalue weighted by molar-refractivity contribution is -0.155. The second-order valence-corrected chi connectivity index (χ2v) is 10.6. The number of alkyl halides is 3. The van der Waals surface area contributed by atoms with E-state index < -0.39 is 35.5 Å². The molecular formula is C34H36F3NO5. The molecule has 0 aliphatic heterocycles. The number of amides is 1. The molecule has 0 radical (unpaired) electrons. The number of rotatable bonds is 11. The maximum absolute atomic E-state index is 14.5. The molecule has 0 heterocycles. The van der Waals surface area contributed by atoms with Gasteiger partial charge >= 0.3 is 12.1 Å². The predicted molar refractivity (Wildman–Crippen MR) is 158 cm³/mol. The van der Waals surface area contributed by atoms with Gasteiger partial charge in [0.25, 0.3) is 0 Å². The van der Waals surface area contributed by atoms with Crippen molar-refractivity contribution in [2.45, 2.75) is 39.0 Å². The van der Waals surface area contributed by atoms with Crippen molar-refractivity contribution in [1.82, 2.24) is 0 Å². The van der Waals surface area contributed by atoms with Gasteiger partial charge in [-0.3, -0.25) is 9.59 Å². The second kappa shape index (κ2) is 14.3. The van der Waals surface area contributed by atoms with E-state index in [0.29, 0.717) is 22.7 Å². The number of carbonyl (C=O) groups excluding carboxylic acids is 2. The van der Waals surface area contributed by atoms with Crippen LogP contribution in [0, 0.1) is 17.8 Å². The number of anilines is 1. The number of hydrogen-bond donors (Lipinski definition) is 0. The molecule has 228 valence electrons. The third-order valence-corrected chi connectivity index (χ3v) is 7.78. The van der Waals surface area contributed by atoms with Gasteiger partial charge in [0.05, 0.1) is 19.8 Å². The highest BCUT2D eigenvalue weighted by molar-refractivity contribution is 6.06. The van der Waals surface area contributed by atoms with Crippen LogP contribution in [-0.2, 0) is 33.5 Å². The van der Waals surface area contributed by atoms with E-state index in [1.807, 2.05) is 49.4 Å². The summed E-state index contributed by atoms with van der Waals surface area (Å²) in [7, 11) is 2.98. The lowest BCUT2D eigenvalue weighted by Crippen LogP contribution is -2.46. The fourth-order valence-electron chi connectivity index (χ4n) is 5.30. The first-order chi connectivity index (χ1) is 20.6. The van der Waals surface area contributed by atoms with E-state index in [0.717, 1.165) is 30.5 Å². The van der Waals surface area contributed by atoms with E-state index in [1.54, 1.807) is 18.2 Å². The number of methoxy groups -OCH3 is 2. The maximum Gasteiger partial charge on any atom is 0.416 e. The molecule has 43 heavy (non-hydrogen) atoms. The Bertz CT molecular complexity index is 1410. The number of nitrogens with zero attached hydrogens (tertiary/aromatic N) is 1. The summed E-state index contributed by atoms with van der Waals surface area (Å²) in [6.07, 6.45) is 1.38. The third-order valence-electron chi connectivity index (χ3n) is 7.78. The van der Waals surface area contributed by atoms with Crippen molar-refractivity contribution in [3.63, 3.8) is 0 Å². The molecule has 1 aliphatic rings. The summed E-state index contributed by atoms with van der Waals surface area (Å²) in [4.78, 5) is 29.7. The second-order valence-electron chi connectivity index (χ2n) is 10.6. The smallest absolute Gasteiger partial charge is 0.416 e. The molecule has 0 saturated heterocycles. The molecule has 0 aromatic heterocycles. The first kappa shape index (κ1) is 31.7. The Labute approximate surface area is 250 Å². The minimum absolute atomic E-state index is 0.0240. The van der Waals surface area contributed by atoms with E-state index in [1.165, 1.54) is 31.3 Å². The van der Waals surface area contributed by atoms with Crippen molar-refractivity contribution in [2.24, 2.45) is 17.8 Å². The summed E-state index contributed by atoms with van der Waals surface area (Å²) >= 11 is 0. The Morgan fingerprint density at radius 3 is 2.26 bits per heavy atom. The van der Waals surface area contributed by atoms with Crippen molar-refractivity contribution in [2.75, 3.05) is 25.7 Å². The normalized spacial score (nSPS) is 17.2. The molecule has 9 heteroatoms. The van der Waals surface area contributed by atoms with Crippen LogP contribution < -0.4 is 14.4 Å². The topological polar surface area (TPSA) is 65.1 Å². The van der Waals surface area contributed by atoms with Gasteiger partial charge in [-0.2, -0.15) is 13.2 Å². The molecule has 0 bridgehead atoms. The van der Waals surface area contributed by atoms with Gasteiger partial charge < -0.3 is 19.1 Å². The molecule has 1 amide bonds. The number of carbonyl (C=O) groups is 2. The van der Waals surface area contributed by atoms with Gasteiger partial charge in [-0.15, -0.1) is 0 Å². The molecule has 0 N–H and O–H groups in total. The highest BCUT2D eigenvalue weighted by Crippen LogP contribution is 2.36. The minimum atomic E-state index is -4.45. The Morgan fingerprint density at radius 2 is 1.63 bits per heavy atom. The summed E-state index contributed by atoms with van der Waals surface area (Å²) in [5.74, 6) is -1.71. The zero-order valence-electron chi connectivity index (χ0n) is 24.5. The van der Waals surface area contributed by atoms with E-state index in [-0.39, 0.29) is 25.5 Å². The molecule has 0 saturated carbocycles. The van der Waals surface area contributed by atoms with E-state index in [2.05, 4.69) is 0 Å². The number of esters is 1. The highest BCUT2D eigenvalue weighted by atomic mass is 19.4. The number of halogens is 3. The molecule has 1 aliphatic carbocycles. The predicted octanol–water partition coefficient (Wildman–Crippen LogP) is 7.26. The van der Waals surface area contributed by atoms with Crippen molar-refractivity contribution in [3.8, 4) is 11.5 Å². The van der Waals surface area contributed by atoms with Crippen LogP contribution in [0.3, 0.4) is 0 Å². The van der Waals surface area contributed by atoms with Crippen molar-refractivity contribution < 1.29 is 37.0 Å². The van der Waals surface area contributed by atoms with E-state index in [9.17, 15) is 22.8 Å². The Kier molecular flexibility index (Phi) is 10.5. The van der Waals surface area contributed by atoms with Crippen molar-refractivity contribution >= 4 is 17.6 Å². The molecule has 3 unspecified atom stereocenters. The lowest BCUT2D eigenvalue weighted by Gasteiger charge is -2.34. The monoisotopic (exact) mass is 595 g/mol. The fraction of sp³-hybridized carbons (Fsp3) is 0.353. The molecule has 6 nitrogen and oxygen atoms in total. The van der Waals surface area contributed by atoms with Gasteiger partial charge in [-0.1, -0.05) is 61.5 Å². The van der Waals surface area contributed by atoms with Gasteiger partial charge in [-0.25, -0.2) is 0 Å². The number of ether oxygens (including phenoxy) is 3. The SMILES string of the molecule is COc1ccc(N(CCc2ccc(C(F)(F)F)cc2)C(=O)C(C(=O)OCc2ccccc2)C2C=CCCC2C)cc1OC. The summed E-state index contributed by atoms with van der Waals surface area (Å²) in [5.41, 5.74) is 1.12. The summed E-state index contributed by atoms with van der Waals surface area (Å²) in [5, 5.41) is 0. The van der Waals surface area contributed by atoms with Gasteiger partial charge in [0.1, 0.15) is 12.5 Å². The number of allylic oxidation sites excluding steroid dienone is 2. The number of hydrogen-bond acceptors (Lipinski definition) is 5. The standard InChI is InChI=1S/C34H36F3NO5/c1-23-9-7-8-12-28(23)31(33(40)43-22-25-10-5-4-6-11-25)32(39)38(27-17-18-29(41-2)30(21-27)42-3)20-19-24-13-15-26(16-14-24)34(35,36)37/h4-6,8,10-18,21,23,28,31H,7,9,19-20,22H2,1-3H3. The van der Waals surface area contributed by atoms with Gasteiger partial charge in [0.15, 0.2) is 11.5 Å². The molecule has 3 aromatic carbocycles. The summed E-state index contributed by atoms with van der Waals surface area (Å²) in [6.45, 7) is 2.14. The molecule has 3 aromatic rings. The fourth-order valence-corrected chi connectivity index (χ4v) is 5.30. The van der Waals surface area contributed by atoms with Gasteiger partial charge in [0.2, 0.25) is 5.91 Å². The maximum atomic E-state index is 14.5. The first-order valence-corrected chi connectivity index (χ1v) is 14.2. The minimum Gasteiger partial charge on any atom is -0.493 e. The molecule has 3 atom stereocenters. The van der Waals surface area contributed by atoms with E-state index in [4.69, 9.17) is 14.2 Å². The average molecular weight is 596 g/mol. The summed E-state index contributed by atoms with van der Waals surface area (Å²) < 4.78 is 55.9. The van der Waals surface area contributed by atoms with Gasteiger partial charge in [0, 0.05) is 24.2 Å². The van der Waals surface area contributed by atoms with Crippen LogP contribution in [0.2, 0.25) is 0 Å². The molecule has 0 spiro atoms. The third kappa shape index (κ3) is 7.97. The van der Waals surface area contributed by atoms with Crippen LogP contribution in [0.25, 0.3) is 0 Å². The van der Waals surface area contributed by atoms with Crippen LogP contribution in [0.1, 0.15) is 36.5 Å². The molecule has 0 fully saturated rings. The zero-order chi connectivity index (χ0) is 31.0. The number of benzene rings is 3. The molecule has 4 rings (SSSR count). The van der Waals surface area contributed by atoms with Crippen molar-refractivity contribution in [1.29, 1.82) is 0 Å². The molecular weight excluding hydrogens is 559 g/mol. The Hall–Kier alpha value is -4.27. The largest absolute Gasteiger partial charge is 0.493 e. The zero-order valence-corrected chi connectivity index (χ0v) is 24.5. The Balaban J connectivity index is 1.68. The quantitative estimate of drug-likeness (QED) is 0.133. The van der Waals surface area contributed by atoms with E-state index >= 15 is 0 Å². The lowest BCUT2D eigenvalue weighted by atomic mass is 9.76. The van der Waals surface area contributed by atoms with Crippen LogP contribution in [0.4, 0.5) is 18.9 Å². The summed E-state index contributed by atoms with van der Waals surface area (Å²) in [6, 6.07) is 19.1. The van der Waals surface area contributed by atoms with Crippen LogP contribution >= 0.6 is 0 Å².